The first-order valence-electron chi connectivity index (χ1n) is 8.16. The van der Waals surface area contributed by atoms with Gasteiger partial charge in [-0.3, -0.25) is 4.79 Å². The van der Waals surface area contributed by atoms with Gasteiger partial charge in [0.2, 0.25) is 0 Å². The number of aryl methyl sites for hydroxylation is 1. The largest absolute Gasteiger partial charge is 0.451 e. The van der Waals surface area contributed by atoms with E-state index in [2.05, 4.69) is 11.4 Å². The maximum Gasteiger partial charge on any atom is 0.348 e. The van der Waals surface area contributed by atoms with E-state index in [-0.39, 0.29) is 6.61 Å². The van der Waals surface area contributed by atoms with Gasteiger partial charge in [-0.15, -0.1) is 22.7 Å². The Kier molecular flexibility index (Phi) is 4.45. The van der Waals surface area contributed by atoms with Crippen LogP contribution in [0, 0.1) is 11.3 Å². The Hall–Kier alpha value is -2.69. The Labute approximate surface area is 157 Å². The third-order valence-corrected chi connectivity index (χ3v) is 6.55. The molecule has 1 amide bonds. The molecular weight excluding hydrogens is 368 g/mol. The SMILES string of the molecule is N#Cc1c(NC(=O)COC(=O)c2cc3ccccc3s2)sc2c1CCC2. The number of carbonyl (C=O) groups excluding carboxylic acids is 2. The van der Waals surface area contributed by atoms with Gasteiger partial charge in [0.05, 0.1) is 5.56 Å². The van der Waals surface area contributed by atoms with Gasteiger partial charge in [0.1, 0.15) is 15.9 Å². The van der Waals surface area contributed by atoms with Crippen molar-refractivity contribution in [2.45, 2.75) is 19.3 Å². The third-order valence-electron chi connectivity index (χ3n) is 4.25. The first-order valence-corrected chi connectivity index (χ1v) is 9.79. The van der Waals surface area contributed by atoms with Crippen molar-refractivity contribution in [2.24, 2.45) is 0 Å². The molecular formula is C19H14N2O3S2. The van der Waals surface area contributed by atoms with E-state index in [1.807, 2.05) is 24.3 Å². The number of nitrogens with zero attached hydrogens (tertiary/aromatic N) is 1. The van der Waals surface area contributed by atoms with Crippen LogP contribution in [-0.2, 0) is 22.4 Å². The van der Waals surface area contributed by atoms with Crippen molar-refractivity contribution < 1.29 is 14.3 Å². The molecule has 0 aliphatic heterocycles. The monoisotopic (exact) mass is 382 g/mol. The Morgan fingerprint density at radius 2 is 2.08 bits per heavy atom. The summed E-state index contributed by atoms with van der Waals surface area (Å²) in [5.41, 5.74) is 1.60. The van der Waals surface area contributed by atoms with Crippen molar-refractivity contribution >= 4 is 49.6 Å². The highest BCUT2D eigenvalue weighted by Gasteiger charge is 2.23. The number of nitriles is 1. The van der Waals surface area contributed by atoms with E-state index in [4.69, 9.17) is 4.74 Å². The third kappa shape index (κ3) is 3.09. The molecule has 4 rings (SSSR count). The lowest BCUT2D eigenvalue weighted by Crippen LogP contribution is -2.20. The molecule has 1 aromatic carbocycles. The molecule has 0 saturated carbocycles. The van der Waals surface area contributed by atoms with Crippen LogP contribution in [-0.4, -0.2) is 18.5 Å². The first kappa shape index (κ1) is 16.8. The van der Waals surface area contributed by atoms with Gasteiger partial charge in [0.15, 0.2) is 6.61 Å². The zero-order valence-corrected chi connectivity index (χ0v) is 15.3. The summed E-state index contributed by atoms with van der Waals surface area (Å²) in [6.45, 7) is -0.374. The molecule has 0 radical (unpaired) electrons. The van der Waals surface area contributed by atoms with E-state index < -0.39 is 11.9 Å². The Morgan fingerprint density at radius 3 is 2.88 bits per heavy atom. The minimum absolute atomic E-state index is 0.374. The quantitative estimate of drug-likeness (QED) is 0.689. The summed E-state index contributed by atoms with van der Waals surface area (Å²) in [5, 5.41) is 13.6. The van der Waals surface area contributed by atoms with Crippen molar-refractivity contribution in [3.63, 3.8) is 0 Å². The Balaban J connectivity index is 1.40. The lowest BCUT2D eigenvalue weighted by Gasteiger charge is -2.05. The lowest BCUT2D eigenvalue weighted by molar-refractivity contribution is -0.119. The Morgan fingerprint density at radius 1 is 1.23 bits per heavy atom. The molecule has 1 aliphatic rings. The molecule has 3 aromatic rings. The molecule has 0 saturated heterocycles. The van der Waals surface area contributed by atoms with Gasteiger partial charge >= 0.3 is 5.97 Å². The number of esters is 1. The molecule has 0 atom stereocenters. The van der Waals surface area contributed by atoms with Gasteiger partial charge in [-0.25, -0.2) is 4.79 Å². The molecule has 26 heavy (non-hydrogen) atoms. The van der Waals surface area contributed by atoms with Crippen LogP contribution >= 0.6 is 22.7 Å². The van der Waals surface area contributed by atoms with Crippen LogP contribution in [0.2, 0.25) is 0 Å². The normalized spacial score (nSPS) is 12.6. The standard InChI is InChI=1S/C19H14N2O3S2/c20-9-13-12-5-3-7-15(12)26-18(13)21-17(22)10-24-19(23)16-8-11-4-1-2-6-14(11)25-16/h1-2,4,6,8H,3,5,7,10H2,(H,21,22). The number of nitrogens with one attached hydrogen (secondary N) is 1. The van der Waals surface area contributed by atoms with E-state index in [1.165, 1.54) is 27.6 Å². The minimum atomic E-state index is -0.518. The van der Waals surface area contributed by atoms with Gasteiger partial charge in [-0.1, -0.05) is 18.2 Å². The number of benzene rings is 1. The maximum atomic E-state index is 12.2. The number of carbonyl (C=O) groups is 2. The van der Waals surface area contributed by atoms with Crippen molar-refractivity contribution in [1.82, 2.24) is 0 Å². The second kappa shape index (κ2) is 6.90. The average Bonchev–Trinajstić information content (AvgIpc) is 3.33. The summed E-state index contributed by atoms with van der Waals surface area (Å²) in [6, 6.07) is 11.6. The molecule has 130 valence electrons. The molecule has 2 heterocycles. The molecule has 0 unspecified atom stereocenters. The van der Waals surface area contributed by atoms with Gasteiger partial charge in [0, 0.05) is 9.58 Å². The van der Waals surface area contributed by atoms with Crippen molar-refractivity contribution in [3.05, 3.63) is 51.2 Å². The van der Waals surface area contributed by atoms with E-state index in [9.17, 15) is 14.9 Å². The highest BCUT2D eigenvalue weighted by atomic mass is 32.1. The van der Waals surface area contributed by atoms with Crippen LogP contribution in [0.4, 0.5) is 5.00 Å². The summed E-state index contributed by atoms with van der Waals surface area (Å²) >= 11 is 2.78. The predicted octanol–water partition coefficient (Wildman–Crippen LogP) is 4.12. The molecule has 1 N–H and O–H groups in total. The fraction of sp³-hybridized carbons (Fsp3) is 0.211. The summed E-state index contributed by atoms with van der Waals surface area (Å²) in [6.07, 6.45) is 2.88. The van der Waals surface area contributed by atoms with Crippen molar-refractivity contribution in [3.8, 4) is 6.07 Å². The number of anilines is 1. The van der Waals surface area contributed by atoms with E-state index >= 15 is 0 Å². The van der Waals surface area contributed by atoms with E-state index in [0.29, 0.717) is 15.4 Å². The number of rotatable bonds is 4. The first-order chi connectivity index (χ1) is 12.7. The van der Waals surface area contributed by atoms with Crippen LogP contribution < -0.4 is 5.32 Å². The number of amides is 1. The average molecular weight is 382 g/mol. The zero-order valence-electron chi connectivity index (χ0n) is 13.7. The molecule has 2 aromatic heterocycles. The highest BCUT2D eigenvalue weighted by Crippen LogP contribution is 2.38. The molecule has 1 aliphatic carbocycles. The van der Waals surface area contributed by atoms with Crippen LogP contribution in [0.15, 0.2) is 30.3 Å². The summed E-state index contributed by atoms with van der Waals surface area (Å²) < 4.78 is 6.12. The number of fused-ring (bicyclic) bond motifs is 2. The molecule has 0 spiro atoms. The number of hydrogen-bond acceptors (Lipinski definition) is 6. The van der Waals surface area contributed by atoms with Crippen molar-refractivity contribution in [1.29, 1.82) is 5.26 Å². The number of thiophene rings is 2. The number of hydrogen-bond donors (Lipinski definition) is 1. The summed E-state index contributed by atoms with van der Waals surface area (Å²) in [7, 11) is 0. The van der Waals surface area contributed by atoms with Gasteiger partial charge in [0.25, 0.3) is 5.91 Å². The maximum absolute atomic E-state index is 12.2. The van der Waals surface area contributed by atoms with Gasteiger partial charge in [-0.2, -0.15) is 5.26 Å². The van der Waals surface area contributed by atoms with Crippen LogP contribution in [0.5, 0.6) is 0 Å². The van der Waals surface area contributed by atoms with Crippen molar-refractivity contribution in [2.75, 3.05) is 11.9 Å². The molecule has 0 bridgehead atoms. The van der Waals surface area contributed by atoms with E-state index in [0.717, 1.165) is 34.9 Å². The minimum Gasteiger partial charge on any atom is -0.451 e. The van der Waals surface area contributed by atoms with Crippen LogP contribution in [0.3, 0.4) is 0 Å². The van der Waals surface area contributed by atoms with Crippen LogP contribution in [0.25, 0.3) is 10.1 Å². The fourth-order valence-electron chi connectivity index (χ4n) is 3.06. The second-order valence-electron chi connectivity index (χ2n) is 5.95. The molecule has 7 heteroatoms. The molecule has 5 nitrogen and oxygen atoms in total. The summed E-state index contributed by atoms with van der Waals surface area (Å²) in [5.74, 6) is -0.952. The fourth-order valence-corrected chi connectivity index (χ4v) is 5.27. The smallest absolute Gasteiger partial charge is 0.348 e. The van der Waals surface area contributed by atoms with E-state index in [1.54, 1.807) is 6.07 Å². The zero-order chi connectivity index (χ0) is 18.1. The lowest BCUT2D eigenvalue weighted by atomic mass is 10.1. The predicted molar refractivity (Wildman–Crippen MR) is 102 cm³/mol. The number of ether oxygens (including phenoxy) is 1. The van der Waals surface area contributed by atoms with Gasteiger partial charge in [-0.05, 0) is 42.3 Å². The topological polar surface area (TPSA) is 79.2 Å². The summed E-state index contributed by atoms with van der Waals surface area (Å²) in [4.78, 5) is 25.9. The second-order valence-corrected chi connectivity index (χ2v) is 8.14. The Bertz CT molecular complexity index is 1030. The molecule has 0 fully saturated rings. The van der Waals surface area contributed by atoms with Crippen LogP contribution in [0.1, 0.15) is 32.1 Å². The van der Waals surface area contributed by atoms with Gasteiger partial charge < -0.3 is 10.1 Å². The highest BCUT2D eigenvalue weighted by molar-refractivity contribution is 7.20.